The van der Waals surface area contributed by atoms with Crippen molar-refractivity contribution in [2.45, 2.75) is 31.6 Å². The number of carbonyl (C=O) groups is 2. The molecule has 0 saturated heterocycles. The van der Waals surface area contributed by atoms with Gasteiger partial charge in [0.25, 0.3) is 0 Å². The van der Waals surface area contributed by atoms with Crippen molar-refractivity contribution in [1.29, 1.82) is 0 Å². The van der Waals surface area contributed by atoms with Crippen LogP contribution in [0.4, 0.5) is 0 Å². The molecule has 0 amide bonds. The normalized spacial score (nSPS) is 12.0. The third-order valence-electron chi connectivity index (χ3n) is 5.52. The van der Waals surface area contributed by atoms with E-state index in [2.05, 4.69) is 9.97 Å². The van der Waals surface area contributed by atoms with E-state index in [-0.39, 0.29) is 23.1 Å². The number of nitrogens with one attached hydrogen (secondary N) is 1. The van der Waals surface area contributed by atoms with Crippen LogP contribution in [0.5, 0.6) is 17.2 Å². The van der Waals surface area contributed by atoms with Crippen LogP contribution in [0.1, 0.15) is 29.9 Å². The highest BCUT2D eigenvalue weighted by Crippen LogP contribution is 2.33. The molecule has 0 aliphatic heterocycles. The molecule has 9 nitrogen and oxygen atoms in total. The SMILES string of the molecule is CC(=O)C(C)Oc1cc(Oc2ccc(S(C)(=O)=O)nc2)cc(-c2ccc(C(=O)OCc3ccccc3)[nH]2)c1. The van der Waals surface area contributed by atoms with E-state index in [1.165, 1.54) is 25.3 Å². The maximum Gasteiger partial charge on any atom is 0.355 e. The van der Waals surface area contributed by atoms with Crippen molar-refractivity contribution >= 4 is 21.6 Å². The molecule has 0 saturated carbocycles. The molecule has 4 rings (SSSR count). The maximum absolute atomic E-state index is 12.6. The zero-order chi connectivity index (χ0) is 27.3. The minimum atomic E-state index is -3.45. The topological polar surface area (TPSA) is 125 Å². The molecule has 196 valence electrons. The van der Waals surface area contributed by atoms with E-state index >= 15 is 0 Å². The first-order valence-corrected chi connectivity index (χ1v) is 13.5. The van der Waals surface area contributed by atoms with Crippen molar-refractivity contribution in [3.8, 4) is 28.5 Å². The number of rotatable bonds is 10. The van der Waals surface area contributed by atoms with Crippen molar-refractivity contribution in [2.24, 2.45) is 0 Å². The van der Waals surface area contributed by atoms with E-state index in [0.717, 1.165) is 11.8 Å². The summed E-state index contributed by atoms with van der Waals surface area (Å²) in [6.07, 6.45) is 1.68. The van der Waals surface area contributed by atoms with Gasteiger partial charge in [-0.15, -0.1) is 0 Å². The van der Waals surface area contributed by atoms with E-state index in [0.29, 0.717) is 28.5 Å². The predicted octanol–water partition coefficient (Wildman–Crippen LogP) is 4.99. The van der Waals surface area contributed by atoms with Crippen molar-refractivity contribution in [2.75, 3.05) is 6.26 Å². The number of ether oxygens (including phenoxy) is 3. The number of aromatic nitrogens is 2. The number of pyridine rings is 1. The lowest BCUT2D eigenvalue weighted by atomic mass is 10.1. The van der Waals surface area contributed by atoms with Gasteiger partial charge in [0, 0.05) is 23.6 Å². The van der Waals surface area contributed by atoms with Crippen LogP contribution in [-0.2, 0) is 26.0 Å². The Labute approximate surface area is 220 Å². The standard InChI is InChI=1S/C28H26N2O7S/c1-18(31)19(2)36-23-13-21(14-24(15-23)37-22-9-12-27(29-16-22)38(3,33)34)25-10-11-26(30-25)28(32)35-17-20-7-5-4-6-8-20/h4-16,19,30H,17H2,1-3H3. The molecule has 2 heterocycles. The summed E-state index contributed by atoms with van der Waals surface area (Å²) in [5.41, 5.74) is 2.35. The Morgan fingerprint density at radius 2 is 1.68 bits per heavy atom. The Kier molecular flexibility index (Phi) is 7.92. The van der Waals surface area contributed by atoms with E-state index in [1.807, 2.05) is 30.3 Å². The number of Topliss-reactive ketones (excluding diaryl/α,β-unsaturated/α-hetero) is 1. The van der Waals surface area contributed by atoms with Crippen LogP contribution in [0.25, 0.3) is 11.3 Å². The maximum atomic E-state index is 12.6. The van der Waals surface area contributed by atoms with E-state index in [9.17, 15) is 18.0 Å². The van der Waals surface area contributed by atoms with Gasteiger partial charge < -0.3 is 19.2 Å². The Morgan fingerprint density at radius 3 is 2.34 bits per heavy atom. The second-order valence-electron chi connectivity index (χ2n) is 8.62. The minimum Gasteiger partial charge on any atom is -0.483 e. The molecule has 1 N–H and O–H groups in total. The predicted molar refractivity (Wildman–Crippen MR) is 140 cm³/mol. The average molecular weight is 535 g/mol. The molecule has 0 spiro atoms. The fraction of sp³-hybridized carbons (Fsp3) is 0.179. The highest BCUT2D eigenvalue weighted by Gasteiger charge is 2.16. The van der Waals surface area contributed by atoms with Crippen LogP contribution < -0.4 is 9.47 Å². The van der Waals surface area contributed by atoms with Gasteiger partial charge in [0.1, 0.15) is 29.5 Å². The molecule has 0 fully saturated rings. The minimum absolute atomic E-state index is 0.0732. The Hall–Kier alpha value is -4.44. The molecule has 1 atom stereocenters. The fourth-order valence-electron chi connectivity index (χ4n) is 3.41. The molecule has 38 heavy (non-hydrogen) atoms. The zero-order valence-corrected chi connectivity index (χ0v) is 21.8. The molecular formula is C28H26N2O7S. The Morgan fingerprint density at radius 1 is 0.947 bits per heavy atom. The third-order valence-corrected chi connectivity index (χ3v) is 6.52. The second kappa shape index (κ2) is 11.3. The molecule has 2 aromatic heterocycles. The number of esters is 1. The summed E-state index contributed by atoms with van der Waals surface area (Å²) in [6.45, 7) is 3.21. The van der Waals surface area contributed by atoms with Crippen LogP contribution in [-0.4, -0.2) is 42.5 Å². The molecule has 1 unspecified atom stereocenters. The van der Waals surface area contributed by atoms with Crippen LogP contribution in [0.15, 0.2) is 84.0 Å². The molecule has 0 bridgehead atoms. The van der Waals surface area contributed by atoms with Crippen LogP contribution in [0.2, 0.25) is 0 Å². The van der Waals surface area contributed by atoms with Gasteiger partial charge in [-0.25, -0.2) is 18.2 Å². The first-order valence-electron chi connectivity index (χ1n) is 11.6. The summed E-state index contributed by atoms with van der Waals surface area (Å²) < 4.78 is 40.5. The second-order valence-corrected chi connectivity index (χ2v) is 10.6. The summed E-state index contributed by atoms with van der Waals surface area (Å²) in [5.74, 6) is 0.360. The number of ketones is 1. The highest BCUT2D eigenvalue weighted by atomic mass is 32.2. The first kappa shape index (κ1) is 26.6. The molecule has 2 aromatic carbocycles. The molecule has 0 radical (unpaired) electrons. The first-order chi connectivity index (χ1) is 18.1. The quantitative estimate of drug-likeness (QED) is 0.282. The van der Waals surface area contributed by atoms with Crippen molar-refractivity contribution in [3.05, 3.63) is 90.3 Å². The smallest absolute Gasteiger partial charge is 0.355 e. The molecule has 4 aromatic rings. The van der Waals surface area contributed by atoms with E-state index < -0.39 is 21.9 Å². The number of hydrogen-bond acceptors (Lipinski definition) is 8. The van der Waals surface area contributed by atoms with Crippen LogP contribution in [0.3, 0.4) is 0 Å². The van der Waals surface area contributed by atoms with Crippen LogP contribution in [0, 0.1) is 0 Å². The molecular weight excluding hydrogens is 508 g/mol. The van der Waals surface area contributed by atoms with Gasteiger partial charge >= 0.3 is 5.97 Å². The lowest BCUT2D eigenvalue weighted by Gasteiger charge is -2.15. The van der Waals surface area contributed by atoms with Crippen LogP contribution >= 0.6 is 0 Å². The summed E-state index contributed by atoms with van der Waals surface area (Å²) in [7, 11) is -3.45. The summed E-state index contributed by atoms with van der Waals surface area (Å²) >= 11 is 0. The monoisotopic (exact) mass is 534 g/mol. The highest BCUT2D eigenvalue weighted by molar-refractivity contribution is 7.90. The average Bonchev–Trinajstić information content (AvgIpc) is 3.38. The van der Waals surface area contributed by atoms with Gasteiger partial charge in [-0.05, 0) is 55.8 Å². The van der Waals surface area contributed by atoms with Crippen molar-refractivity contribution < 1.29 is 32.2 Å². The fourth-order valence-corrected chi connectivity index (χ4v) is 3.97. The van der Waals surface area contributed by atoms with Gasteiger partial charge in [0.15, 0.2) is 26.8 Å². The van der Waals surface area contributed by atoms with E-state index in [4.69, 9.17) is 14.2 Å². The molecule has 10 heteroatoms. The molecule has 0 aliphatic rings. The third kappa shape index (κ3) is 6.86. The lowest BCUT2D eigenvalue weighted by Crippen LogP contribution is -2.20. The summed E-state index contributed by atoms with van der Waals surface area (Å²) in [6, 6.07) is 20.6. The Balaban J connectivity index is 1.58. The summed E-state index contributed by atoms with van der Waals surface area (Å²) in [4.78, 5) is 31.3. The largest absolute Gasteiger partial charge is 0.483 e. The number of H-pyrrole nitrogens is 1. The lowest BCUT2D eigenvalue weighted by molar-refractivity contribution is -0.122. The number of carbonyl (C=O) groups excluding carboxylic acids is 2. The van der Waals surface area contributed by atoms with Crippen molar-refractivity contribution in [1.82, 2.24) is 9.97 Å². The number of nitrogens with zero attached hydrogens (tertiary/aromatic N) is 1. The van der Waals surface area contributed by atoms with Gasteiger partial charge in [-0.3, -0.25) is 4.79 Å². The van der Waals surface area contributed by atoms with Gasteiger partial charge in [-0.2, -0.15) is 0 Å². The number of benzene rings is 2. The van der Waals surface area contributed by atoms with Gasteiger partial charge in [0.05, 0.1) is 6.20 Å². The van der Waals surface area contributed by atoms with Gasteiger partial charge in [-0.1, -0.05) is 30.3 Å². The number of sulfone groups is 1. The van der Waals surface area contributed by atoms with Gasteiger partial charge in [0.2, 0.25) is 0 Å². The Bertz CT molecular complexity index is 1550. The zero-order valence-electron chi connectivity index (χ0n) is 21.0. The molecule has 0 aliphatic carbocycles. The number of aromatic amines is 1. The van der Waals surface area contributed by atoms with E-state index in [1.54, 1.807) is 37.3 Å². The summed E-state index contributed by atoms with van der Waals surface area (Å²) in [5, 5.41) is -0.0732. The van der Waals surface area contributed by atoms with Crippen molar-refractivity contribution in [3.63, 3.8) is 0 Å². The number of hydrogen-bond donors (Lipinski definition) is 1.